The Morgan fingerprint density at radius 3 is 1.67 bits per heavy atom. The van der Waals surface area contributed by atoms with Crippen LogP contribution >= 0.6 is 0 Å². The Morgan fingerprint density at radius 2 is 1.24 bits per heavy atom. The van der Waals surface area contributed by atoms with Crippen molar-refractivity contribution in [3.8, 4) is 6.07 Å². The molecule has 0 radical (unpaired) electrons. The fourth-order valence-electron chi connectivity index (χ4n) is 2.65. The van der Waals surface area contributed by atoms with Gasteiger partial charge >= 0.3 is 0 Å². The van der Waals surface area contributed by atoms with Crippen LogP contribution in [0, 0.1) is 11.3 Å². The van der Waals surface area contributed by atoms with Crippen molar-refractivity contribution >= 4 is 0 Å². The predicted molar refractivity (Wildman–Crippen MR) is 82.6 cm³/mol. The van der Waals surface area contributed by atoms with Gasteiger partial charge in [0.05, 0.1) is 6.07 Å². The second kappa shape index (κ2) is 5.60. The largest absolute Gasteiger partial charge is 0.264 e. The molecule has 1 aromatic heterocycles. The van der Waals surface area contributed by atoms with E-state index in [1.165, 1.54) is 0 Å². The maximum atomic E-state index is 10.1. The lowest BCUT2D eigenvalue weighted by Gasteiger charge is -2.28. The highest BCUT2D eigenvalue weighted by molar-refractivity contribution is 5.55. The average molecular weight is 270 g/mol. The molecule has 0 amide bonds. The second-order valence-electron chi connectivity index (χ2n) is 4.84. The normalized spacial score (nSPS) is 10.8. The molecule has 2 aromatic carbocycles. The van der Waals surface area contributed by atoms with Crippen molar-refractivity contribution in [2.75, 3.05) is 0 Å². The summed E-state index contributed by atoms with van der Waals surface area (Å²) in [5, 5.41) is 10.1. The van der Waals surface area contributed by atoms with Gasteiger partial charge in [0, 0.05) is 12.4 Å². The molecule has 0 atom stereocenters. The first-order chi connectivity index (χ1) is 10.4. The first kappa shape index (κ1) is 13.1. The fourth-order valence-corrected chi connectivity index (χ4v) is 2.65. The molecule has 0 spiro atoms. The van der Waals surface area contributed by atoms with Gasteiger partial charge in [0.2, 0.25) is 0 Å². The van der Waals surface area contributed by atoms with Crippen molar-refractivity contribution in [3.63, 3.8) is 0 Å². The summed E-state index contributed by atoms with van der Waals surface area (Å²) in [5.41, 5.74) is 1.94. The van der Waals surface area contributed by atoms with E-state index in [4.69, 9.17) is 0 Å². The van der Waals surface area contributed by atoms with Crippen LogP contribution in [0.3, 0.4) is 0 Å². The van der Waals surface area contributed by atoms with Gasteiger partial charge in [0.15, 0.2) is 0 Å². The monoisotopic (exact) mass is 270 g/mol. The van der Waals surface area contributed by atoms with Crippen LogP contribution in [0.1, 0.15) is 16.7 Å². The van der Waals surface area contributed by atoms with Gasteiger partial charge in [-0.25, -0.2) is 0 Å². The van der Waals surface area contributed by atoms with E-state index >= 15 is 0 Å². The molecule has 0 unspecified atom stereocenters. The van der Waals surface area contributed by atoms with Gasteiger partial charge in [-0.05, 0) is 22.8 Å². The van der Waals surface area contributed by atoms with Gasteiger partial charge in [0.25, 0.3) is 0 Å². The lowest BCUT2D eigenvalue weighted by atomic mass is 9.71. The van der Waals surface area contributed by atoms with E-state index in [0.29, 0.717) is 0 Å². The number of hydrogen-bond acceptors (Lipinski definition) is 2. The van der Waals surface area contributed by atoms with Gasteiger partial charge in [0.1, 0.15) is 5.41 Å². The first-order valence-electron chi connectivity index (χ1n) is 6.81. The van der Waals surface area contributed by atoms with Crippen molar-refractivity contribution in [2.24, 2.45) is 0 Å². The molecule has 3 aromatic rings. The number of benzene rings is 2. The number of nitriles is 1. The minimum Gasteiger partial charge on any atom is -0.264 e. The lowest BCUT2D eigenvalue weighted by Crippen LogP contribution is -2.27. The molecule has 0 aliphatic rings. The molecule has 3 rings (SSSR count). The lowest BCUT2D eigenvalue weighted by molar-refractivity contribution is 0.789. The molecule has 0 bridgehead atoms. The smallest absolute Gasteiger partial charge is 0.134 e. The standard InChI is InChI=1S/C19H14N2/c20-15-19(16-8-3-1-4-9-16,17-10-5-2-6-11-17)18-12-7-13-21-14-18/h1-14H. The van der Waals surface area contributed by atoms with E-state index in [1.807, 2.05) is 72.8 Å². The summed E-state index contributed by atoms with van der Waals surface area (Å²) in [5.74, 6) is 0. The van der Waals surface area contributed by atoms with Gasteiger partial charge in [-0.3, -0.25) is 4.98 Å². The molecule has 100 valence electrons. The maximum absolute atomic E-state index is 10.1. The van der Waals surface area contributed by atoms with Crippen molar-refractivity contribution in [1.82, 2.24) is 4.98 Å². The highest BCUT2D eigenvalue weighted by Crippen LogP contribution is 2.38. The zero-order valence-corrected chi connectivity index (χ0v) is 11.5. The number of nitrogens with zero attached hydrogens (tertiary/aromatic N) is 2. The summed E-state index contributed by atoms with van der Waals surface area (Å²) < 4.78 is 0. The number of hydrogen-bond donors (Lipinski definition) is 0. The quantitative estimate of drug-likeness (QED) is 0.722. The van der Waals surface area contributed by atoms with Gasteiger partial charge in [-0.2, -0.15) is 5.26 Å². The Balaban J connectivity index is 2.32. The number of aromatic nitrogens is 1. The molecular formula is C19H14N2. The molecule has 1 heterocycles. The first-order valence-corrected chi connectivity index (χ1v) is 6.81. The zero-order chi connectivity index (χ0) is 14.5. The van der Waals surface area contributed by atoms with Crippen molar-refractivity contribution < 1.29 is 0 Å². The minimum absolute atomic E-state index is 0.837. The van der Waals surface area contributed by atoms with Crippen LogP contribution in [-0.2, 0) is 5.41 Å². The number of rotatable bonds is 3. The van der Waals surface area contributed by atoms with E-state index in [0.717, 1.165) is 16.7 Å². The highest BCUT2D eigenvalue weighted by Gasteiger charge is 2.36. The third-order valence-electron chi connectivity index (χ3n) is 3.68. The molecular weight excluding hydrogens is 256 g/mol. The third kappa shape index (κ3) is 2.19. The van der Waals surface area contributed by atoms with Crippen LogP contribution in [0.2, 0.25) is 0 Å². The van der Waals surface area contributed by atoms with Gasteiger partial charge in [-0.1, -0.05) is 66.7 Å². The van der Waals surface area contributed by atoms with Gasteiger partial charge < -0.3 is 0 Å². The zero-order valence-electron chi connectivity index (χ0n) is 11.5. The van der Waals surface area contributed by atoms with E-state index < -0.39 is 5.41 Å². The Labute approximate surface area is 124 Å². The Bertz CT molecular complexity index is 647. The summed E-state index contributed by atoms with van der Waals surface area (Å²) in [6, 6.07) is 26.1. The van der Waals surface area contributed by atoms with Crippen molar-refractivity contribution in [3.05, 3.63) is 102 Å². The van der Waals surface area contributed by atoms with Crippen molar-refractivity contribution in [1.29, 1.82) is 5.26 Å². The fraction of sp³-hybridized carbons (Fsp3) is 0.0526. The molecule has 0 N–H and O–H groups in total. The third-order valence-corrected chi connectivity index (χ3v) is 3.68. The SMILES string of the molecule is N#CC(c1ccccc1)(c1ccccc1)c1cccnc1. The summed E-state index contributed by atoms with van der Waals surface area (Å²) >= 11 is 0. The Morgan fingerprint density at radius 1 is 0.714 bits per heavy atom. The molecule has 0 saturated carbocycles. The van der Waals surface area contributed by atoms with Crippen LogP contribution in [-0.4, -0.2) is 4.98 Å². The molecule has 21 heavy (non-hydrogen) atoms. The molecule has 0 aliphatic carbocycles. The minimum atomic E-state index is -0.837. The average Bonchev–Trinajstić information content (AvgIpc) is 2.59. The van der Waals surface area contributed by atoms with Crippen LogP contribution in [0.4, 0.5) is 0 Å². The topological polar surface area (TPSA) is 36.7 Å². The second-order valence-corrected chi connectivity index (χ2v) is 4.84. The molecule has 0 aliphatic heterocycles. The van der Waals surface area contributed by atoms with Crippen LogP contribution in [0.15, 0.2) is 85.2 Å². The Hall–Kier alpha value is -2.92. The Kier molecular flexibility index (Phi) is 3.49. The summed E-state index contributed by atoms with van der Waals surface area (Å²) in [6.07, 6.45) is 3.49. The summed E-state index contributed by atoms with van der Waals surface area (Å²) in [7, 11) is 0. The van der Waals surface area contributed by atoms with E-state index in [9.17, 15) is 5.26 Å². The van der Waals surface area contributed by atoms with Crippen LogP contribution in [0.25, 0.3) is 0 Å². The molecule has 2 heteroatoms. The molecule has 0 fully saturated rings. The predicted octanol–water partition coefficient (Wildman–Crippen LogP) is 3.94. The highest BCUT2D eigenvalue weighted by atomic mass is 14.6. The van der Waals surface area contributed by atoms with E-state index in [-0.39, 0.29) is 0 Å². The molecule has 2 nitrogen and oxygen atoms in total. The van der Waals surface area contributed by atoms with Crippen LogP contribution < -0.4 is 0 Å². The van der Waals surface area contributed by atoms with E-state index in [2.05, 4.69) is 11.1 Å². The molecule has 0 saturated heterocycles. The summed E-state index contributed by atoms with van der Waals surface area (Å²) in [6.45, 7) is 0. The van der Waals surface area contributed by atoms with Crippen molar-refractivity contribution in [2.45, 2.75) is 5.41 Å². The van der Waals surface area contributed by atoms with Gasteiger partial charge in [-0.15, -0.1) is 0 Å². The maximum Gasteiger partial charge on any atom is 0.134 e. The number of pyridine rings is 1. The van der Waals surface area contributed by atoms with E-state index in [1.54, 1.807) is 12.4 Å². The summed E-state index contributed by atoms with van der Waals surface area (Å²) in [4.78, 5) is 4.20. The van der Waals surface area contributed by atoms with Crippen LogP contribution in [0.5, 0.6) is 0 Å².